The predicted octanol–water partition coefficient (Wildman–Crippen LogP) is 3.17. The van der Waals surface area contributed by atoms with Crippen LogP contribution in [-0.4, -0.2) is 25.1 Å². The summed E-state index contributed by atoms with van der Waals surface area (Å²) in [6.07, 6.45) is 2.77. The number of benzene rings is 2. The molecule has 0 aliphatic heterocycles. The molecule has 3 rings (SSSR count). The number of fused-ring (bicyclic) bond motifs is 1. The minimum Gasteiger partial charge on any atom is -0.312 e. The number of nitrogens with zero attached hydrogens (tertiary/aromatic N) is 2. The van der Waals surface area contributed by atoms with Crippen molar-refractivity contribution in [3.05, 3.63) is 71.3 Å². The van der Waals surface area contributed by atoms with Crippen molar-refractivity contribution in [2.24, 2.45) is 4.99 Å². The van der Waals surface area contributed by atoms with E-state index in [-0.39, 0.29) is 10.5 Å². The lowest BCUT2D eigenvalue weighted by molar-refractivity contribution is 0.0994. The quantitative estimate of drug-likeness (QED) is 0.643. The summed E-state index contributed by atoms with van der Waals surface area (Å²) in [5.74, 6) is -1.34. The second kappa shape index (κ2) is 6.97. The van der Waals surface area contributed by atoms with Crippen molar-refractivity contribution in [1.29, 1.82) is 0 Å². The molecule has 134 valence electrons. The monoisotopic (exact) mass is 390 g/mol. The van der Waals surface area contributed by atoms with Crippen LogP contribution < -0.4 is 4.80 Å². The summed E-state index contributed by atoms with van der Waals surface area (Å²) >= 11 is 1.16. The predicted molar refractivity (Wildman–Crippen MR) is 99.4 cm³/mol. The van der Waals surface area contributed by atoms with Crippen LogP contribution in [0.25, 0.3) is 10.2 Å². The maximum absolute atomic E-state index is 13.8. The van der Waals surface area contributed by atoms with E-state index in [4.69, 9.17) is 0 Å². The number of amides is 1. The van der Waals surface area contributed by atoms with Crippen LogP contribution in [0.4, 0.5) is 4.39 Å². The number of sulfone groups is 1. The van der Waals surface area contributed by atoms with Gasteiger partial charge < -0.3 is 4.57 Å². The summed E-state index contributed by atoms with van der Waals surface area (Å²) < 4.78 is 39.7. The van der Waals surface area contributed by atoms with Gasteiger partial charge in [-0.3, -0.25) is 4.79 Å². The maximum Gasteiger partial charge on any atom is 0.282 e. The molecule has 8 heteroatoms. The number of carbonyl (C=O) groups excluding carboxylic acids is 1. The lowest BCUT2D eigenvalue weighted by Crippen LogP contribution is -2.16. The van der Waals surface area contributed by atoms with Gasteiger partial charge in [0, 0.05) is 12.8 Å². The van der Waals surface area contributed by atoms with Crippen molar-refractivity contribution in [3.8, 4) is 0 Å². The van der Waals surface area contributed by atoms with Crippen LogP contribution in [0.1, 0.15) is 10.4 Å². The molecule has 0 unspecified atom stereocenters. The summed E-state index contributed by atoms with van der Waals surface area (Å²) in [6, 6.07) is 10.3. The Hall–Kier alpha value is -2.58. The highest BCUT2D eigenvalue weighted by atomic mass is 32.2. The lowest BCUT2D eigenvalue weighted by Gasteiger charge is -2.02. The molecular formula is C18H15FN2O3S2. The largest absolute Gasteiger partial charge is 0.312 e. The number of rotatable bonds is 4. The molecule has 0 atom stereocenters. The molecule has 0 aliphatic rings. The van der Waals surface area contributed by atoms with Gasteiger partial charge in [0.2, 0.25) is 0 Å². The van der Waals surface area contributed by atoms with Crippen molar-refractivity contribution >= 4 is 37.3 Å². The van der Waals surface area contributed by atoms with Crippen molar-refractivity contribution in [2.45, 2.75) is 11.4 Å². The number of allylic oxidation sites excluding steroid dienone is 1. The minimum atomic E-state index is -3.35. The Labute approximate surface area is 153 Å². The summed E-state index contributed by atoms with van der Waals surface area (Å²) in [4.78, 5) is 16.9. The van der Waals surface area contributed by atoms with E-state index in [1.165, 1.54) is 24.3 Å². The SMILES string of the molecule is C=CCn1c(=NC(=O)c2ccccc2F)sc2cc(S(C)(=O)=O)ccc21. The fourth-order valence-corrected chi connectivity index (χ4v) is 4.26. The summed E-state index contributed by atoms with van der Waals surface area (Å²) in [5, 5.41) is 0. The molecule has 2 aromatic carbocycles. The summed E-state index contributed by atoms with van der Waals surface area (Å²) in [6.45, 7) is 4.07. The first-order valence-corrected chi connectivity index (χ1v) is 10.3. The molecule has 1 heterocycles. The van der Waals surface area contributed by atoms with Crippen molar-refractivity contribution in [1.82, 2.24) is 4.57 Å². The van der Waals surface area contributed by atoms with Gasteiger partial charge in [0.05, 0.1) is 20.7 Å². The normalized spacial score (nSPS) is 12.5. The first-order chi connectivity index (χ1) is 12.3. The van der Waals surface area contributed by atoms with Gasteiger partial charge in [-0.2, -0.15) is 4.99 Å². The van der Waals surface area contributed by atoms with E-state index in [0.717, 1.165) is 23.1 Å². The topological polar surface area (TPSA) is 68.5 Å². The van der Waals surface area contributed by atoms with Gasteiger partial charge in [-0.05, 0) is 30.3 Å². The minimum absolute atomic E-state index is 0.119. The summed E-state index contributed by atoms with van der Waals surface area (Å²) in [5.41, 5.74) is 0.606. The van der Waals surface area contributed by atoms with Crippen LogP contribution >= 0.6 is 11.3 Å². The van der Waals surface area contributed by atoms with Gasteiger partial charge in [-0.25, -0.2) is 12.8 Å². The van der Waals surface area contributed by atoms with Crippen LogP contribution in [0.3, 0.4) is 0 Å². The molecule has 1 amide bonds. The Morgan fingerprint density at radius 3 is 2.69 bits per heavy atom. The van der Waals surface area contributed by atoms with Gasteiger partial charge in [0.25, 0.3) is 5.91 Å². The van der Waals surface area contributed by atoms with Crippen LogP contribution in [0, 0.1) is 5.82 Å². The average molecular weight is 390 g/mol. The Balaban J connectivity index is 2.21. The van der Waals surface area contributed by atoms with Gasteiger partial charge in [0.1, 0.15) is 5.82 Å². The van der Waals surface area contributed by atoms with E-state index in [2.05, 4.69) is 11.6 Å². The zero-order chi connectivity index (χ0) is 18.9. The number of thiazole rings is 1. The maximum atomic E-state index is 13.8. The number of aromatic nitrogens is 1. The number of halogens is 1. The number of carbonyl (C=O) groups is 1. The standard InChI is InChI=1S/C18H15FN2O3S2/c1-3-10-21-15-9-8-12(26(2,23)24)11-16(15)25-18(21)20-17(22)13-6-4-5-7-14(13)19/h3-9,11H,1,10H2,2H3. The smallest absolute Gasteiger partial charge is 0.282 e. The highest BCUT2D eigenvalue weighted by molar-refractivity contribution is 7.90. The fourth-order valence-electron chi connectivity index (χ4n) is 2.46. The van der Waals surface area contributed by atoms with Crippen LogP contribution in [0.5, 0.6) is 0 Å². The molecule has 0 spiro atoms. The van der Waals surface area contributed by atoms with Gasteiger partial charge >= 0.3 is 0 Å². The van der Waals surface area contributed by atoms with E-state index in [1.54, 1.807) is 28.8 Å². The second-order valence-electron chi connectivity index (χ2n) is 5.58. The van der Waals surface area contributed by atoms with E-state index in [9.17, 15) is 17.6 Å². The van der Waals surface area contributed by atoms with E-state index in [1.807, 2.05) is 0 Å². The first kappa shape index (κ1) is 18.2. The molecule has 5 nitrogen and oxygen atoms in total. The average Bonchev–Trinajstić information content (AvgIpc) is 2.91. The van der Waals surface area contributed by atoms with E-state index in [0.29, 0.717) is 16.0 Å². The third-order valence-electron chi connectivity index (χ3n) is 3.70. The molecule has 0 aliphatic carbocycles. The highest BCUT2D eigenvalue weighted by Crippen LogP contribution is 2.22. The molecule has 0 saturated carbocycles. The Morgan fingerprint density at radius 1 is 1.31 bits per heavy atom. The number of hydrogen-bond donors (Lipinski definition) is 0. The zero-order valence-corrected chi connectivity index (χ0v) is 15.5. The summed E-state index contributed by atoms with van der Waals surface area (Å²) in [7, 11) is -3.35. The molecule has 0 saturated heterocycles. The molecular weight excluding hydrogens is 375 g/mol. The third-order valence-corrected chi connectivity index (χ3v) is 5.85. The van der Waals surface area contributed by atoms with E-state index < -0.39 is 21.6 Å². The third kappa shape index (κ3) is 3.51. The van der Waals surface area contributed by atoms with E-state index >= 15 is 0 Å². The Kier molecular flexibility index (Phi) is 4.88. The highest BCUT2D eigenvalue weighted by Gasteiger charge is 2.14. The molecule has 0 radical (unpaired) electrons. The molecule has 1 aromatic heterocycles. The van der Waals surface area contributed by atoms with Crippen molar-refractivity contribution in [3.63, 3.8) is 0 Å². The zero-order valence-electron chi connectivity index (χ0n) is 13.8. The molecule has 0 fully saturated rings. The van der Waals surface area contributed by atoms with Gasteiger partial charge in [-0.1, -0.05) is 29.5 Å². The van der Waals surface area contributed by atoms with Crippen LogP contribution in [0.15, 0.2) is 65.0 Å². The first-order valence-electron chi connectivity index (χ1n) is 7.59. The van der Waals surface area contributed by atoms with Crippen LogP contribution in [-0.2, 0) is 16.4 Å². The van der Waals surface area contributed by atoms with Crippen LogP contribution in [0.2, 0.25) is 0 Å². The number of hydrogen-bond acceptors (Lipinski definition) is 4. The van der Waals surface area contributed by atoms with Crippen molar-refractivity contribution in [2.75, 3.05) is 6.26 Å². The molecule has 0 bridgehead atoms. The van der Waals surface area contributed by atoms with Gasteiger partial charge in [-0.15, -0.1) is 6.58 Å². The fraction of sp³-hybridized carbons (Fsp3) is 0.111. The lowest BCUT2D eigenvalue weighted by atomic mass is 10.2. The Morgan fingerprint density at radius 2 is 2.04 bits per heavy atom. The Bertz CT molecular complexity index is 1190. The molecule has 3 aromatic rings. The molecule has 26 heavy (non-hydrogen) atoms. The second-order valence-corrected chi connectivity index (χ2v) is 8.61. The molecule has 0 N–H and O–H groups in total. The van der Waals surface area contributed by atoms with Crippen molar-refractivity contribution < 1.29 is 17.6 Å². The van der Waals surface area contributed by atoms with Gasteiger partial charge in [0.15, 0.2) is 14.6 Å².